The second-order valence-electron chi connectivity index (χ2n) is 6.91. The smallest absolute Gasteiger partial charge is 0.307 e. The highest BCUT2D eigenvalue weighted by molar-refractivity contribution is 5.82. The fraction of sp³-hybridized carbons (Fsp3) is 0.500. The van der Waals surface area contributed by atoms with E-state index in [9.17, 15) is 27.6 Å². The van der Waals surface area contributed by atoms with Gasteiger partial charge in [-0.3, -0.25) is 14.2 Å². The predicted molar refractivity (Wildman–Crippen MR) is 90.3 cm³/mol. The number of carbonyl (C=O) groups excluding carboxylic acids is 1. The fourth-order valence-electron chi connectivity index (χ4n) is 3.67. The predicted octanol–water partition coefficient (Wildman–Crippen LogP) is 3.11. The first-order chi connectivity index (χ1) is 12.2. The number of Topliss-reactive ketones (excluding diaryl/α,β-unsaturated/α-hetero) is 1. The summed E-state index contributed by atoms with van der Waals surface area (Å²) in [5.74, 6) is -1.43. The highest BCUT2D eigenvalue weighted by Crippen LogP contribution is 2.40. The van der Waals surface area contributed by atoms with Crippen LogP contribution in [0.4, 0.5) is 13.2 Å². The van der Waals surface area contributed by atoms with Gasteiger partial charge in [-0.25, -0.2) is 4.79 Å². The molecule has 8 heteroatoms. The van der Waals surface area contributed by atoms with Crippen LogP contribution in [0.25, 0.3) is 10.9 Å². The number of hydrogen-bond donors (Lipinski definition) is 1. The largest absolute Gasteiger partial charge is 0.391 e. The molecule has 5 nitrogen and oxygen atoms in total. The van der Waals surface area contributed by atoms with Crippen LogP contribution >= 0.6 is 0 Å². The van der Waals surface area contributed by atoms with Gasteiger partial charge in [0, 0.05) is 12.5 Å². The molecule has 1 N–H and O–H groups in total. The standard InChI is InChI=1S/C18H19F3N2O3/c1-10(24)8-11-2-7-15-14(9-11)16(25)23(17(26)22-15)13-5-3-12(4-6-13)18(19,20)21/h2,7,9,12-13H,3-6,8H2,1H3,(H,22,26). The van der Waals surface area contributed by atoms with E-state index >= 15 is 0 Å². The molecule has 0 unspecified atom stereocenters. The van der Waals surface area contributed by atoms with Crippen molar-refractivity contribution in [2.75, 3.05) is 0 Å². The van der Waals surface area contributed by atoms with Crippen molar-refractivity contribution in [3.05, 3.63) is 44.6 Å². The molecule has 1 heterocycles. The summed E-state index contributed by atoms with van der Waals surface area (Å²) in [4.78, 5) is 39.0. The zero-order valence-electron chi connectivity index (χ0n) is 14.2. The number of halogens is 3. The molecule has 0 atom stereocenters. The van der Waals surface area contributed by atoms with Gasteiger partial charge in [0.15, 0.2) is 0 Å². The number of aromatic amines is 1. The van der Waals surface area contributed by atoms with Crippen molar-refractivity contribution in [3.63, 3.8) is 0 Å². The van der Waals surface area contributed by atoms with Gasteiger partial charge in [-0.05, 0) is 50.3 Å². The van der Waals surface area contributed by atoms with Gasteiger partial charge in [-0.2, -0.15) is 13.2 Å². The van der Waals surface area contributed by atoms with Gasteiger partial charge in [0.2, 0.25) is 0 Å². The molecule has 1 aliphatic carbocycles. The van der Waals surface area contributed by atoms with Crippen LogP contribution in [0.5, 0.6) is 0 Å². The molecule has 1 aliphatic rings. The minimum Gasteiger partial charge on any atom is -0.307 e. The Morgan fingerprint density at radius 1 is 1.19 bits per heavy atom. The third-order valence-corrected chi connectivity index (χ3v) is 4.97. The van der Waals surface area contributed by atoms with E-state index in [0.717, 1.165) is 4.57 Å². The van der Waals surface area contributed by atoms with E-state index in [1.807, 2.05) is 0 Å². The van der Waals surface area contributed by atoms with Crippen LogP contribution in [0.1, 0.15) is 44.2 Å². The van der Waals surface area contributed by atoms with Crippen molar-refractivity contribution in [1.82, 2.24) is 9.55 Å². The van der Waals surface area contributed by atoms with Crippen LogP contribution in [0.15, 0.2) is 27.8 Å². The third kappa shape index (κ3) is 3.59. The zero-order valence-corrected chi connectivity index (χ0v) is 14.2. The van der Waals surface area contributed by atoms with Crippen LogP contribution < -0.4 is 11.2 Å². The van der Waals surface area contributed by atoms with Gasteiger partial charge in [0.1, 0.15) is 5.78 Å². The first kappa shape index (κ1) is 18.4. The van der Waals surface area contributed by atoms with Gasteiger partial charge >= 0.3 is 11.9 Å². The number of carbonyl (C=O) groups is 1. The lowest BCUT2D eigenvalue weighted by Crippen LogP contribution is -2.40. The number of nitrogens with zero attached hydrogens (tertiary/aromatic N) is 1. The summed E-state index contributed by atoms with van der Waals surface area (Å²) in [5.41, 5.74) is -0.129. The summed E-state index contributed by atoms with van der Waals surface area (Å²) < 4.78 is 39.5. The van der Waals surface area contributed by atoms with E-state index in [-0.39, 0.29) is 43.3 Å². The lowest BCUT2D eigenvalue weighted by molar-refractivity contribution is -0.183. The Hall–Kier alpha value is -2.38. The molecule has 0 amide bonds. The van der Waals surface area contributed by atoms with Gasteiger partial charge in [-0.1, -0.05) is 6.07 Å². The molecule has 1 fully saturated rings. The molecule has 1 aromatic carbocycles. The van der Waals surface area contributed by atoms with Crippen molar-refractivity contribution >= 4 is 16.7 Å². The highest BCUT2D eigenvalue weighted by Gasteiger charge is 2.42. The van der Waals surface area contributed by atoms with Gasteiger partial charge in [0.05, 0.1) is 16.8 Å². The minimum absolute atomic E-state index is 0.0560. The number of nitrogens with one attached hydrogen (secondary N) is 1. The number of rotatable bonds is 3. The van der Waals surface area contributed by atoms with Crippen molar-refractivity contribution in [2.45, 2.75) is 51.2 Å². The van der Waals surface area contributed by atoms with E-state index < -0.39 is 29.4 Å². The molecule has 3 rings (SSSR count). The maximum absolute atomic E-state index is 12.8. The first-order valence-electron chi connectivity index (χ1n) is 8.50. The molecular weight excluding hydrogens is 349 g/mol. The number of aromatic nitrogens is 2. The number of alkyl halides is 3. The van der Waals surface area contributed by atoms with E-state index in [2.05, 4.69) is 4.98 Å². The number of ketones is 1. The van der Waals surface area contributed by atoms with Crippen LogP contribution in [0, 0.1) is 5.92 Å². The Bertz CT molecular complexity index is 951. The summed E-state index contributed by atoms with van der Waals surface area (Å²) in [5, 5.41) is 0.265. The first-order valence-corrected chi connectivity index (χ1v) is 8.50. The minimum atomic E-state index is -4.24. The molecule has 1 saturated carbocycles. The summed E-state index contributed by atoms with van der Waals surface area (Å²) in [6.07, 6.45) is -4.00. The van der Waals surface area contributed by atoms with Crippen LogP contribution in [0.2, 0.25) is 0 Å². The lowest BCUT2D eigenvalue weighted by Gasteiger charge is -2.30. The van der Waals surface area contributed by atoms with E-state index in [1.54, 1.807) is 18.2 Å². The SMILES string of the molecule is CC(=O)Cc1ccc2[nH]c(=O)n(C3CCC(C(F)(F)F)CC3)c(=O)c2c1. The molecule has 0 saturated heterocycles. The number of H-pyrrole nitrogens is 1. The van der Waals surface area contributed by atoms with E-state index in [0.29, 0.717) is 11.1 Å². The number of hydrogen-bond acceptors (Lipinski definition) is 3. The maximum atomic E-state index is 12.8. The molecular formula is C18H19F3N2O3. The quantitative estimate of drug-likeness (QED) is 0.905. The monoisotopic (exact) mass is 368 g/mol. The van der Waals surface area contributed by atoms with Gasteiger partial charge in [-0.15, -0.1) is 0 Å². The zero-order chi connectivity index (χ0) is 19.1. The molecule has 140 valence electrons. The Kier molecular flexibility index (Phi) is 4.77. The number of benzene rings is 1. The Morgan fingerprint density at radius 2 is 1.85 bits per heavy atom. The maximum Gasteiger partial charge on any atom is 0.391 e. The van der Waals surface area contributed by atoms with Gasteiger partial charge < -0.3 is 4.98 Å². The van der Waals surface area contributed by atoms with Gasteiger partial charge in [0.25, 0.3) is 5.56 Å². The second kappa shape index (κ2) is 6.74. The topological polar surface area (TPSA) is 71.9 Å². The van der Waals surface area contributed by atoms with Crippen LogP contribution in [-0.2, 0) is 11.2 Å². The molecule has 26 heavy (non-hydrogen) atoms. The fourth-order valence-corrected chi connectivity index (χ4v) is 3.67. The van der Waals surface area contributed by atoms with Crippen molar-refractivity contribution in [3.8, 4) is 0 Å². The summed E-state index contributed by atoms with van der Waals surface area (Å²) >= 11 is 0. The van der Waals surface area contributed by atoms with Crippen molar-refractivity contribution in [1.29, 1.82) is 0 Å². The molecule has 0 aliphatic heterocycles. The van der Waals surface area contributed by atoms with E-state index in [1.165, 1.54) is 6.92 Å². The molecule has 0 spiro atoms. The molecule has 1 aromatic heterocycles. The molecule has 0 radical (unpaired) electrons. The third-order valence-electron chi connectivity index (χ3n) is 4.97. The summed E-state index contributed by atoms with van der Waals surface area (Å²) in [6, 6.07) is 4.25. The van der Waals surface area contributed by atoms with Crippen LogP contribution in [-0.4, -0.2) is 21.5 Å². The van der Waals surface area contributed by atoms with Crippen LogP contribution in [0.3, 0.4) is 0 Å². The average Bonchev–Trinajstić information content (AvgIpc) is 2.55. The Labute approximate surface area is 146 Å². The lowest BCUT2D eigenvalue weighted by atomic mass is 9.85. The Morgan fingerprint density at radius 3 is 2.42 bits per heavy atom. The normalized spacial score (nSPS) is 21.1. The van der Waals surface area contributed by atoms with Crippen molar-refractivity contribution in [2.24, 2.45) is 5.92 Å². The second-order valence-corrected chi connectivity index (χ2v) is 6.91. The van der Waals surface area contributed by atoms with E-state index in [4.69, 9.17) is 0 Å². The summed E-state index contributed by atoms with van der Waals surface area (Å²) in [6.45, 7) is 1.44. The Balaban J connectivity index is 1.97. The highest BCUT2D eigenvalue weighted by atomic mass is 19.4. The van der Waals surface area contributed by atoms with Crippen molar-refractivity contribution < 1.29 is 18.0 Å². The average molecular weight is 368 g/mol. The molecule has 2 aromatic rings. The number of fused-ring (bicyclic) bond motifs is 1. The summed E-state index contributed by atoms with van der Waals surface area (Å²) in [7, 11) is 0. The molecule has 0 bridgehead atoms.